The minimum atomic E-state index is -0.0807. The van der Waals surface area contributed by atoms with Gasteiger partial charge in [0.2, 0.25) is 5.91 Å². The summed E-state index contributed by atoms with van der Waals surface area (Å²) in [6.07, 6.45) is 1.95. The highest BCUT2D eigenvalue weighted by molar-refractivity contribution is 9.10. The lowest BCUT2D eigenvalue weighted by Crippen LogP contribution is -2.16. The molecule has 1 aromatic heterocycles. The molecule has 1 atom stereocenters. The van der Waals surface area contributed by atoms with Crippen LogP contribution < -0.4 is 11.1 Å². The van der Waals surface area contributed by atoms with Gasteiger partial charge < -0.3 is 11.1 Å². The molecule has 0 bridgehead atoms. The lowest BCUT2D eigenvalue weighted by Gasteiger charge is -2.09. The number of amides is 1. The molecule has 0 radical (unpaired) electrons. The van der Waals surface area contributed by atoms with Crippen LogP contribution in [0.3, 0.4) is 0 Å². The van der Waals surface area contributed by atoms with Gasteiger partial charge in [-0.3, -0.25) is 9.48 Å². The number of rotatable bonds is 4. The smallest absolute Gasteiger partial charge is 0.230 e. The topological polar surface area (TPSA) is 72.9 Å². The Kier molecular flexibility index (Phi) is 4.57. The molecule has 0 aliphatic carbocycles. The van der Waals surface area contributed by atoms with Crippen LogP contribution in [0.2, 0.25) is 0 Å². The molecular formula is C14H17BrN4O. The quantitative estimate of drug-likeness (QED) is 0.900. The van der Waals surface area contributed by atoms with E-state index in [0.717, 1.165) is 21.4 Å². The predicted octanol–water partition coefficient (Wildman–Crippen LogP) is 2.38. The first-order valence-electron chi connectivity index (χ1n) is 6.29. The average molecular weight is 337 g/mol. The first kappa shape index (κ1) is 14.7. The van der Waals surface area contributed by atoms with Crippen molar-refractivity contribution < 1.29 is 4.79 Å². The first-order valence-corrected chi connectivity index (χ1v) is 7.08. The highest BCUT2D eigenvalue weighted by Gasteiger charge is 2.11. The third-order valence-electron chi connectivity index (χ3n) is 3.06. The van der Waals surface area contributed by atoms with Gasteiger partial charge in [0, 0.05) is 18.8 Å². The van der Waals surface area contributed by atoms with Crippen LogP contribution in [0.1, 0.15) is 24.2 Å². The Labute approximate surface area is 126 Å². The van der Waals surface area contributed by atoms with Gasteiger partial charge in [-0.25, -0.2) is 0 Å². The fourth-order valence-electron chi connectivity index (χ4n) is 1.86. The number of aromatic nitrogens is 2. The van der Waals surface area contributed by atoms with Gasteiger partial charge in [0.25, 0.3) is 0 Å². The lowest BCUT2D eigenvalue weighted by molar-refractivity contribution is -0.115. The van der Waals surface area contributed by atoms with E-state index < -0.39 is 0 Å². The van der Waals surface area contributed by atoms with Gasteiger partial charge in [-0.2, -0.15) is 5.10 Å². The molecular weight excluding hydrogens is 320 g/mol. The van der Waals surface area contributed by atoms with E-state index in [4.69, 9.17) is 5.73 Å². The van der Waals surface area contributed by atoms with Crippen molar-refractivity contribution in [3.05, 3.63) is 46.2 Å². The summed E-state index contributed by atoms with van der Waals surface area (Å²) in [5.74, 6) is -0.0807. The van der Waals surface area contributed by atoms with Gasteiger partial charge in [0.05, 0.1) is 22.8 Å². The van der Waals surface area contributed by atoms with Crippen LogP contribution in [0.5, 0.6) is 0 Å². The molecule has 1 heterocycles. The van der Waals surface area contributed by atoms with Crippen molar-refractivity contribution in [2.24, 2.45) is 12.8 Å². The number of hydrogen-bond acceptors (Lipinski definition) is 3. The molecule has 1 unspecified atom stereocenters. The molecule has 2 aromatic rings. The summed E-state index contributed by atoms with van der Waals surface area (Å²) in [5, 5.41) is 6.94. The number of anilines is 1. The molecule has 106 valence electrons. The molecule has 0 saturated heterocycles. The Hall–Kier alpha value is -1.66. The molecule has 0 fully saturated rings. The highest BCUT2D eigenvalue weighted by Crippen LogP contribution is 2.17. The van der Waals surface area contributed by atoms with E-state index >= 15 is 0 Å². The zero-order chi connectivity index (χ0) is 14.7. The second-order valence-electron chi connectivity index (χ2n) is 4.70. The van der Waals surface area contributed by atoms with Crippen molar-refractivity contribution in [1.29, 1.82) is 0 Å². The fraction of sp³-hybridized carbons (Fsp3) is 0.286. The molecule has 0 spiro atoms. The Balaban J connectivity index is 2.01. The highest BCUT2D eigenvalue weighted by atomic mass is 79.9. The summed E-state index contributed by atoms with van der Waals surface area (Å²) in [7, 11) is 1.81. The number of nitrogens with two attached hydrogens (primary N) is 1. The van der Waals surface area contributed by atoms with Crippen LogP contribution in [0.4, 0.5) is 5.69 Å². The van der Waals surface area contributed by atoms with Crippen molar-refractivity contribution in [3.8, 4) is 0 Å². The van der Waals surface area contributed by atoms with Crippen LogP contribution in [0.15, 0.2) is 34.9 Å². The number of hydrogen-bond donors (Lipinski definition) is 2. The summed E-state index contributed by atoms with van der Waals surface area (Å²) in [5.41, 5.74) is 8.43. The van der Waals surface area contributed by atoms with Gasteiger partial charge in [0.1, 0.15) is 0 Å². The number of carbonyl (C=O) groups is 1. The largest absolute Gasteiger partial charge is 0.326 e. The minimum Gasteiger partial charge on any atom is -0.326 e. The standard InChI is InChI=1S/C14H17BrN4O/c1-9(16)10-3-5-11(6-4-10)18-14(20)7-13-12(15)8-17-19(13)2/h3-6,8-9H,7,16H2,1-2H3,(H,18,20). The number of nitrogens with zero attached hydrogens (tertiary/aromatic N) is 2. The van der Waals surface area contributed by atoms with Crippen LogP contribution in [-0.2, 0) is 18.3 Å². The molecule has 0 aliphatic rings. The van der Waals surface area contributed by atoms with Crippen molar-refractivity contribution in [2.45, 2.75) is 19.4 Å². The molecule has 5 nitrogen and oxygen atoms in total. The Bertz CT molecular complexity index is 585. The molecule has 20 heavy (non-hydrogen) atoms. The van der Waals surface area contributed by atoms with E-state index in [2.05, 4.69) is 26.3 Å². The van der Waals surface area contributed by atoms with Crippen LogP contribution in [-0.4, -0.2) is 15.7 Å². The third-order valence-corrected chi connectivity index (χ3v) is 3.72. The van der Waals surface area contributed by atoms with Gasteiger partial charge in [-0.15, -0.1) is 0 Å². The molecule has 1 aromatic carbocycles. The predicted molar refractivity (Wildman–Crippen MR) is 82.3 cm³/mol. The number of nitrogens with one attached hydrogen (secondary N) is 1. The average Bonchev–Trinajstić information content (AvgIpc) is 2.71. The zero-order valence-electron chi connectivity index (χ0n) is 11.4. The summed E-state index contributed by atoms with van der Waals surface area (Å²) < 4.78 is 2.52. The van der Waals surface area contributed by atoms with E-state index in [9.17, 15) is 4.79 Å². The van der Waals surface area contributed by atoms with Crippen LogP contribution >= 0.6 is 15.9 Å². The second kappa shape index (κ2) is 6.19. The summed E-state index contributed by atoms with van der Waals surface area (Å²) in [4.78, 5) is 12.0. The van der Waals surface area contributed by atoms with Crippen molar-refractivity contribution in [1.82, 2.24) is 9.78 Å². The van der Waals surface area contributed by atoms with E-state index in [-0.39, 0.29) is 18.4 Å². The molecule has 0 saturated carbocycles. The molecule has 2 rings (SSSR count). The second-order valence-corrected chi connectivity index (χ2v) is 5.55. The minimum absolute atomic E-state index is 0.00912. The van der Waals surface area contributed by atoms with Gasteiger partial charge in [0.15, 0.2) is 0 Å². The Morgan fingerprint density at radius 2 is 2.10 bits per heavy atom. The summed E-state index contributed by atoms with van der Waals surface area (Å²) >= 11 is 3.38. The maximum absolute atomic E-state index is 12.0. The fourth-order valence-corrected chi connectivity index (χ4v) is 2.35. The van der Waals surface area contributed by atoms with Crippen molar-refractivity contribution >= 4 is 27.5 Å². The Morgan fingerprint density at radius 3 is 2.60 bits per heavy atom. The van der Waals surface area contributed by atoms with Gasteiger partial charge >= 0.3 is 0 Å². The van der Waals surface area contributed by atoms with Crippen molar-refractivity contribution in [2.75, 3.05) is 5.32 Å². The first-order chi connectivity index (χ1) is 9.47. The van der Waals surface area contributed by atoms with Crippen LogP contribution in [0.25, 0.3) is 0 Å². The SMILES string of the molecule is CC(N)c1ccc(NC(=O)Cc2c(Br)cnn2C)cc1. The monoisotopic (exact) mass is 336 g/mol. The normalized spacial score (nSPS) is 12.2. The van der Waals surface area contributed by atoms with E-state index in [1.807, 2.05) is 38.2 Å². The zero-order valence-corrected chi connectivity index (χ0v) is 13.0. The number of aryl methyl sites for hydroxylation is 1. The Morgan fingerprint density at radius 1 is 1.45 bits per heavy atom. The van der Waals surface area contributed by atoms with E-state index in [1.165, 1.54) is 0 Å². The third kappa shape index (κ3) is 3.46. The van der Waals surface area contributed by atoms with Gasteiger partial charge in [-0.05, 0) is 40.5 Å². The van der Waals surface area contributed by atoms with Gasteiger partial charge in [-0.1, -0.05) is 12.1 Å². The maximum atomic E-state index is 12.0. The van der Waals surface area contributed by atoms with Crippen LogP contribution in [0, 0.1) is 0 Å². The molecule has 3 N–H and O–H groups in total. The van der Waals surface area contributed by atoms with E-state index in [1.54, 1.807) is 10.9 Å². The summed E-state index contributed by atoms with van der Waals surface area (Å²) in [6.45, 7) is 1.92. The number of halogens is 1. The summed E-state index contributed by atoms with van der Waals surface area (Å²) in [6, 6.07) is 7.54. The molecule has 1 amide bonds. The lowest BCUT2D eigenvalue weighted by atomic mass is 10.1. The maximum Gasteiger partial charge on any atom is 0.230 e. The molecule has 6 heteroatoms. The van der Waals surface area contributed by atoms with Crippen molar-refractivity contribution in [3.63, 3.8) is 0 Å². The van der Waals surface area contributed by atoms with E-state index in [0.29, 0.717) is 0 Å². The number of carbonyl (C=O) groups excluding carboxylic acids is 1. The number of benzene rings is 1. The molecule has 0 aliphatic heterocycles.